The zero-order valence-electron chi connectivity index (χ0n) is 10.4. The first-order valence-electron chi connectivity index (χ1n) is 6.29. The Morgan fingerprint density at radius 2 is 1.50 bits per heavy atom. The van der Waals surface area contributed by atoms with Crippen LogP contribution >= 0.6 is 0 Å². The molecule has 0 aromatic heterocycles. The lowest BCUT2D eigenvalue weighted by Crippen LogP contribution is -2.14. The van der Waals surface area contributed by atoms with E-state index >= 15 is 0 Å². The minimum absolute atomic E-state index is 0.296. The Balaban J connectivity index is 1.99. The SMILES string of the molecule is Cc1ccc(C2=CC3C=CC=CC3C=C2O)cc1. The van der Waals surface area contributed by atoms with Gasteiger partial charge in [0.2, 0.25) is 0 Å². The van der Waals surface area contributed by atoms with Gasteiger partial charge in [-0.15, -0.1) is 0 Å². The standard InChI is InChI=1S/C17H16O/c1-12-6-8-13(9-7-12)16-10-14-4-2-3-5-15(14)11-17(16)18/h2-11,14-15,18H,1H3. The highest BCUT2D eigenvalue weighted by atomic mass is 16.3. The van der Waals surface area contributed by atoms with Crippen molar-refractivity contribution in [1.82, 2.24) is 0 Å². The van der Waals surface area contributed by atoms with E-state index in [0.717, 1.165) is 11.1 Å². The van der Waals surface area contributed by atoms with Crippen molar-refractivity contribution in [3.8, 4) is 0 Å². The van der Waals surface area contributed by atoms with Crippen LogP contribution in [0.2, 0.25) is 0 Å². The number of allylic oxidation sites excluding steroid dienone is 7. The molecule has 2 aliphatic rings. The number of aryl methyl sites for hydroxylation is 1. The fourth-order valence-corrected chi connectivity index (χ4v) is 2.50. The minimum atomic E-state index is 0.296. The number of aliphatic hydroxyl groups excluding tert-OH is 1. The third-order valence-electron chi connectivity index (χ3n) is 3.57. The van der Waals surface area contributed by atoms with Crippen LogP contribution in [0.5, 0.6) is 0 Å². The van der Waals surface area contributed by atoms with E-state index < -0.39 is 0 Å². The van der Waals surface area contributed by atoms with Crippen LogP contribution in [0.15, 0.2) is 66.5 Å². The molecule has 0 radical (unpaired) electrons. The first-order chi connectivity index (χ1) is 8.74. The number of aliphatic hydroxyl groups is 1. The Hall–Kier alpha value is -2.02. The van der Waals surface area contributed by atoms with E-state index in [1.54, 1.807) is 0 Å². The van der Waals surface area contributed by atoms with Crippen LogP contribution in [0.1, 0.15) is 11.1 Å². The molecule has 2 unspecified atom stereocenters. The fourth-order valence-electron chi connectivity index (χ4n) is 2.50. The van der Waals surface area contributed by atoms with E-state index in [9.17, 15) is 5.11 Å². The molecule has 0 heterocycles. The maximum absolute atomic E-state index is 10.2. The van der Waals surface area contributed by atoms with Gasteiger partial charge in [-0.1, -0.05) is 60.2 Å². The van der Waals surface area contributed by atoms with E-state index in [2.05, 4.69) is 55.5 Å². The normalized spacial score (nSPS) is 25.4. The second-order valence-corrected chi connectivity index (χ2v) is 4.92. The lowest BCUT2D eigenvalue weighted by molar-refractivity contribution is 0.423. The van der Waals surface area contributed by atoms with Crippen molar-refractivity contribution in [3.63, 3.8) is 0 Å². The smallest absolute Gasteiger partial charge is 0.119 e. The van der Waals surface area contributed by atoms with Gasteiger partial charge in [-0.3, -0.25) is 0 Å². The molecule has 1 aromatic carbocycles. The second kappa shape index (κ2) is 4.34. The Morgan fingerprint density at radius 3 is 2.17 bits per heavy atom. The van der Waals surface area contributed by atoms with Crippen LogP contribution in [0, 0.1) is 18.8 Å². The van der Waals surface area contributed by atoms with Gasteiger partial charge in [0.05, 0.1) is 0 Å². The summed E-state index contributed by atoms with van der Waals surface area (Å²) in [5.74, 6) is 1.05. The van der Waals surface area contributed by atoms with Crippen LogP contribution in [-0.2, 0) is 0 Å². The van der Waals surface area contributed by atoms with Gasteiger partial charge in [-0.05, 0) is 18.6 Å². The van der Waals surface area contributed by atoms with Gasteiger partial charge in [-0.2, -0.15) is 0 Å². The summed E-state index contributed by atoms with van der Waals surface area (Å²) in [6, 6.07) is 8.28. The summed E-state index contributed by atoms with van der Waals surface area (Å²) in [7, 11) is 0. The molecule has 0 fully saturated rings. The van der Waals surface area contributed by atoms with Crippen molar-refractivity contribution in [2.24, 2.45) is 11.8 Å². The monoisotopic (exact) mass is 236 g/mol. The molecule has 0 bridgehead atoms. The molecule has 0 amide bonds. The Kier molecular flexibility index (Phi) is 2.67. The molecule has 18 heavy (non-hydrogen) atoms. The molecule has 2 atom stereocenters. The van der Waals surface area contributed by atoms with Gasteiger partial charge >= 0.3 is 0 Å². The molecule has 2 aliphatic carbocycles. The van der Waals surface area contributed by atoms with Crippen molar-refractivity contribution in [2.75, 3.05) is 0 Å². The molecule has 0 aliphatic heterocycles. The summed E-state index contributed by atoms with van der Waals surface area (Å²) in [5, 5.41) is 10.2. The zero-order chi connectivity index (χ0) is 12.5. The van der Waals surface area contributed by atoms with E-state index in [0.29, 0.717) is 17.6 Å². The minimum Gasteiger partial charge on any atom is -0.508 e. The summed E-state index contributed by atoms with van der Waals surface area (Å²) in [4.78, 5) is 0. The van der Waals surface area contributed by atoms with Crippen LogP contribution in [0.25, 0.3) is 5.57 Å². The Morgan fingerprint density at radius 1 is 0.889 bits per heavy atom. The quantitative estimate of drug-likeness (QED) is 0.775. The van der Waals surface area contributed by atoms with Crippen molar-refractivity contribution in [3.05, 3.63) is 77.6 Å². The van der Waals surface area contributed by atoms with Crippen molar-refractivity contribution >= 4 is 5.57 Å². The molecule has 1 aromatic rings. The highest BCUT2D eigenvalue weighted by Gasteiger charge is 2.22. The molecule has 0 saturated heterocycles. The number of hydrogen-bond acceptors (Lipinski definition) is 1. The number of fused-ring (bicyclic) bond motifs is 1. The summed E-state index contributed by atoms with van der Waals surface area (Å²) in [5.41, 5.74) is 3.25. The molecule has 1 N–H and O–H groups in total. The largest absolute Gasteiger partial charge is 0.508 e. The predicted molar refractivity (Wildman–Crippen MR) is 75.1 cm³/mol. The number of hydrogen-bond donors (Lipinski definition) is 1. The molecular weight excluding hydrogens is 220 g/mol. The summed E-state index contributed by atoms with van der Waals surface area (Å²) >= 11 is 0. The van der Waals surface area contributed by atoms with Gasteiger partial charge in [0, 0.05) is 17.4 Å². The fraction of sp³-hybridized carbons (Fsp3) is 0.176. The van der Waals surface area contributed by atoms with Gasteiger partial charge in [0.1, 0.15) is 5.76 Å². The molecule has 1 nitrogen and oxygen atoms in total. The summed E-state index contributed by atoms with van der Waals surface area (Å²) in [6.45, 7) is 2.07. The topological polar surface area (TPSA) is 20.2 Å². The second-order valence-electron chi connectivity index (χ2n) is 4.92. The van der Waals surface area contributed by atoms with Gasteiger partial charge in [0.25, 0.3) is 0 Å². The molecule has 0 spiro atoms. The van der Waals surface area contributed by atoms with Crippen LogP contribution in [-0.4, -0.2) is 5.11 Å². The predicted octanol–water partition coefficient (Wildman–Crippen LogP) is 4.19. The van der Waals surface area contributed by atoms with Gasteiger partial charge in [0.15, 0.2) is 0 Å². The van der Waals surface area contributed by atoms with Crippen molar-refractivity contribution in [2.45, 2.75) is 6.92 Å². The third kappa shape index (κ3) is 1.92. The summed E-state index contributed by atoms with van der Waals surface area (Å²) < 4.78 is 0. The third-order valence-corrected chi connectivity index (χ3v) is 3.57. The molecular formula is C17H16O. The van der Waals surface area contributed by atoms with Crippen molar-refractivity contribution < 1.29 is 5.11 Å². The average molecular weight is 236 g/mol. The molecule has 90 valence electrons. The first-order valence-corrected chi connectivity index (χ1v) is 6.29. The van der Waals surface area contributed by atoms with Gasteiger partial charge < -0.3 is 5.11 Å². The Labute approximate surface area is 107 Å². The zero-order valence-corrected chi connectivity index (χ0v) is 10.4. The highest BCUT2D eigenvalue weighted by Crippen LogP contribution is 2.35. The van der Waals surface area contributed by atoms with Gasteiger partial charge in [-0.25, -0.2) is 0 Å². The van der Waals surface area contributed by atoms with Crippen LogP contribution in [0.4, 0.5) is 0 Å². The molecule has 3 rings (SSSR count). The van der Waals surface area contributed by atoms with E-state index in [-0.39, 0.29) is 0 Å². The number of rotatable bonds is 1. The lowest BCUT2D eigenvalue weighted by Gasteiger charge is -2.25. The first kappa shape index (κ1) is 11.1. The molecule has 0 saturated carbocycles. The molecule has 1 heteroatoms. The van der Waals surface area contributed by atoms with E-state index in [4.69, 9.17) is 0 Å². The van der Waals surface area contributed by atoms with E-state index in [1.165, 1.54) is 5.56 Å². The maximum atomic E-state index is 10.2. The van der Waals surface area contributed by atoms with Crippen LogP contribution < -0.4 is 0 Å². The average Bonchev–Trinajstić information content (AvgIpc) is 2.39. The van der Waals surface area contributed by atoms with Crippen molar-refractivity contribution in [1.29, 1.82) is 0 Å². The maximum Gasteiger partial charge on any atom is 0.119 e. The summed E-state index contributed by atoms with van der Waals surface area (Å²) in [6.07, 6.45) is 12.5. The highest BCUT2D eigenvalue weighted by molar-refractivity contribution is 5.78. The lowest BCUT2D eigenvalue weighted by atomic mass is 9.81. The number of benzene rings is 1. The van der Waals surface area contributed by atoms with Crippen LogP contribution in [0.3, 0.4) is 0 Å². The van der Waals surface area contributed by atoms with E-state index in [1.807, 2.05) is 12.2 Å². The Bertz CT molecular complexity index is 570.